The number of nitrogens with one attached hydrogen (secondary N) is 1. The normalized spacial score (nSPS) is 15.6. The monoisotopic (exact) mass is 365 g/mol. The van der Waals surface area contributed by atoms with Crippen LogP contribution in [0.5, 0.6) is 0 Å². The van der Waals surface area contributed by atoms with Crippen LogP contribution in [-0.2, 0) is 6.54 Å². The number of aromatic nitrogens is 6. The maximum absolute atomic E-state index is 6.09. The molecule has 0 amide bonds. The predicted octanol–water partition coefficient (Wildman–Crippen LogP) is 1.01. The van der Waals surface area contributed by atoms with E-state index in [0.717, 1.165) is 32.7 Å². The first-order valence-corrected chi connectivity index (χ1v) is 8.80. The van der Waals surface area contributed by atoms with E-state index in [9.17, 15) is 0 Å². The Kier molecular flexibility index (Phi) is 3.75. The van der Waals surface area contributed by atoms with Crippen LogP contribution in [0.1, 0.15) is 5.69 Å². The van der Waals surface area contributed by atoms with E-state index in [0.29, 0.717) is 23.3 Å². The summed E-state index contributed by atoms with van der Waals surface area (Å²) in [6.45, 7) is 4.43. The van der Waals surface area contributed by atoms with E-state index < -0.39 is 0 Å². The van der Waals surface area contributed by atoms with Crippen LogP contribution in [0.2, 0.25) is 0 Å². The van der Waals surface area contributed by atoms with Gasteiger partial charge in [0.05, 0.1) is 6.26 Å². The Morgan fingerprint density at radius 3 is 2.70 bits per heavy atom. The molecule has 5 heterocycles. The van der Waals surface area contributed by atoms with Crippen molar-refractivity contribution in [1.29, 1.82) is 0 Å². The number of furan rings is 1. The van der Waals surface area contributed by atoms with Crippen molar-refractivity contribution in [1.82, 2.24) is 34.4 Å². The molecular formula is C17H19N9O. The van der Waals surface area contributed by atoms with Gasteiger partial charge >= 0.3 is 0 Å². The summed E-state index contributed by atoms with van der Waals surface area (Å²) in [6, 6.07) is 7.70. The number of rotatable bonds is 4. The third-order valence-electron chi connectivity index (χ3n) is 4.67. The quantitative estimate of drug-likeness (QED) is 0.550. The number of fused-ring (bicyclic) bond motifs is 1. The summed E-state index contributed by atoms with van der Waals surface area (Å²) in [6.07, 6.45) is 3.53. The van der Waals surface area contributed by atoms with Crippen LogP contribution in [0.4, 0.5) is 11.9 Å². The van der Waals surface area contributed by atoms with Crippen molar-refractivity contribution < 1.29 is 4.42 Å². The van der Waals surface area contributed by atoms with Crippen LogP contribution in [0.3, 0.4) is 0 Å². The highest BCUT2D eigenvalue weighted by atomic mass is 16.3. The Morgan fingerprint density at radius 1 is 1.07 bits per heavy atom. The molecule has 1 saturated heterocycles. The zero-order valence-corrected chi connectivity index (χ0v) is 14.6. The topological polar surface area (TPSA) is 117 Å². The molecule has 5 rings (SSSR count). The molecule has 4 aromatic heterocycles. The van der Waals surface area contributed by atoms with Crippen molar-refractivity contribution >= 4 is 17.7 Å². The summed E-state index contributed by atoms with van der Waals surface area (Å²) in [5, 5.41) is 4.33. The van der Waals surface area contributed by atoms with Gasteiger partial charge in [-0.2, -0.15) is 19.5 Å². The molecule has 10 nitrogen and oxygen atoms in total. The van der Waals surface area contributed by atoms with Crippen LogP contribution in [-0.4, -0.2) is 60.6 Å². The van der Waals surface area contributed by atoms with Gasteiger partial charge in [0.15, 0.2) is 5.76 Å². The maximum atomic E-state index is 6.09. The Bertz CT molecular complexity index is 1030. The summed E-state index contributed by atoms with van der Waals surface area (Å²) >= 11 is 0. The first-order valence-electron chi connectivity index (χ1n) is 8.80. The van der Waals surface area contributed by atoms with Crippen molar-refractivity contribution in [3.8, 4) is 11.6 Å². The minimum absolute atomic E-state index is 0.258. The second-order valence-electron chi connectivity index (χ2n) is 6.46. The molecule has 0 bridgehead atoms. The lowest BCUT2D eigenvalue weighted by molar-refractivity contribution is 0.246. The smallest absolute Gasteiger partial charge is 0.259 e. The second-order valence-corrected chi connectivity index (χ2v) is 6.46. The molecule has 10 heteroatoms. The predicted molar refractivity (Wildman–Crippen MR) is 99.0 cm³/mol. The van der Waals surface area contributed by atoms with Gasteiger partial charge in [-0.1, -0.05) is 0 Å². The maximum Gasteiger partial charge on any atom is 0.259 e. The largest absolute Gasteiger partial charge is 0.461 e. The number of hydrogen-bond acceptors (Lipinski definition) is 8. The van der Waals surface area contributed by atoms with Crippen molar-refractivity contribution in [2.75, 3.05) is 36.8 Å². The van der Waals surface area contributed by atoms with Crippen LogP contribution in [0.25, 0.3) is 17.4 Å². The van der Waals surface area contributed by atoms with Crippen molar-refractivity contribution in [3.63, 3.8) is 0 Å². The molecule has 0 radical (unpaired) electrons. The number of nitrogen functional groups attached to an aromatic ring is 1. The average molecular weight is 365 g/mol. The van der Waals surface area contributed by atoms with Crippen molar-refractivity contribution in [2.24, 2.45) is 0 Å². The van der Waals surface area contributed by atoms with Crippen molar-refractivity contribution in [2.45, 2.75) is 6.54 Å². The third kappa shape index (κ3) is 2.99. The van der Waals surface area contributed by atoms with Gasteiger partial charge < -0.3 is 20.0 Å². The first-order chi connectivity index (χ1) is 13.3. The lowest BCUT2D eigenvalue weighted by Gasteiger charge is -2.34. The molecule has 1 aliphatic heterocycles. The molecule has 0 spiro atoms. The summed E-state index contributed by atoms with van der Waals surface area (Å²) in [7, 11) is 0. The van der Waals surface area contributed by atoms with E-state index in [2.05, 4.69) is 40.9 Å². The Morgan fingerprint density at radius 2 is 1.96 bits per heavy atom. The van der Waals surface area contributed by atoms with Crippen LogP contribution in [0.15, 0.2) is 41.1 Å². The first kappa shape index (κ1) is 15.8. The van der Waals surface area contributed by atoms with E-state index in [-0.39, 0.29) is 5.95 Å². The molecule has 4 aromatic rings. The third-order valence-corrected chi connectivity index (χ3v) is 4.67. The van der Waals surface area contributed by atoms with Gasteiger partial charge in [-0.15, -0.1) is 5.10 Å². The number of nitrogens with two attached hydrogens (primary N) is 1. The number of H-pyrrole nitrogens is 1. The van der Waals surface area contributed by atoms with E-state index in [4.69, 9.17) is 10.2 Å². The van der Waals surface area contributed by atoms with Gasteiger partial charge in [-0.25, -0.2) is 0 Å². The van der Waals surface area contributed by atoms with E-state index >= 15 is 0 Å². The minimum Gasteiger partial charge on any atom is -0.461 e. The van der Waals surface area contributed by atoms with E-state index in [1.165, 1.54) is 10.2 Å². The number of aromatic amines is 1. The second kappa shape index (κ2) is 6.40. The fourth-order valence-electron chi connectivity index (χ4n) is 3.26. The minimum atomic E-state index is 0.258. The Hall–Kier alpha value is -3.40. The summed E-state index contributed by atoms with van der Waals surface area (Å²) in [4.78, 5) is 21.2. The highest BCUT2D eigenvalue weighted by molar-refractivity contribution is 5.53. The molecule has 27 heavy (non-hydrogen) atoms. The van der Waals surface area contributed by atoms with Crippen molar-refractivity contribution in [3.05, 3.63) is 42.4 Å². The molecule has 138 valence electrons. The van der Waals surface area contributed by atoms with Gasteiger partial charge in [-0.05, 0) is 24.3 Å². The molecule has 0 aliphatic carbocycles. The molecule has 0 atom stereocenters. The van der Waals surface area contributed by atoms with Gasteiger partial charge in [0.2, 0.25) is 17.7 Å². The Balaban J connectivity index is 1.34. The standard InChI is InChI=1S/C17H19N9O/c18-15-21-16(22-17-20-14(23-26(15)17)13-4-2-10-27-13)25-8-6-24(7-9-25)11-12-3-1-5-19-12/h1-5,10,19H,6-9,11H2,(H2,18,20,21,22,23). The molecule has 1 aliphatic rings. The zero-order chi connectivity index (χ0) is 18.2. The molecule has 0 unspecified atom stereocenters. The van der Waals surface area contributed by atoms with Gasteiger partial charge in [0.1, 0.15) is 0 Å². The molecule has 0 saturated carbocycles. The average Bonchev–Trinajstić information content (AvgIpc) is 3.43. The number of anilines is 2. The highest BCUT2D eigenvalue weighted by Gasteiger charge is 2.21. The molecular weight excluding hydrogens is 346 g/mol. The zero-order valence-electron chi connectivity index (χ0n) is 14.6. The van der Waals surface area contributed by atoms with Gasteiger partial charge in [0, 0.05) is 44.6 Å². The summed E-state index contributed by atoms with van der Waals surface area (Å²) < 4.78 is 6.78. The van der Waals surface area contributed by atoms with E-state index in [1.807, 2.05) is 12.3 Å². The van der Waals surface area contributed by atoms with Gasteiger partial charge in [-0.3, -0.25) is 4.90 Å². The Labute approximate surface area is 154 Å². The fraction of sp³-hybridized carbons (Fsp3) is 0.294. The number of nitrogens with zero attached hydrogens (tertiary/aromatic N) is 7. The SMILES string of the molecule is Nc1nc(N2CCN(Cc3ccc[nH]3)CC2)nc2nc(-c3ccco3)nn12. The fourth-order valence-corrected chi connectivity index (χ4v) is 3.26. The lowest BCUT2D eigenvalue weighted by Crippen LogP contribution is -2.46. The highest BCUT2D eigenvalue weighted by Crippen LogP contribution is 2.19. The number of piperazine rings is 1. The van der Waals surface area contributed by atoms with Crippen LogP contribution < -0.4 is 10.6 Å². The number of hydrogen-bond donors (Lipinski definition) is 2. The molecule has 3 N–H and O–H groups in total. The van der Waals surface area contributed by atoms with Crippen LogP contribution in [0, 0.1) is 0 Å². The molecule has 1 fully saturated rings. The summed E-state index contributed by atoms with van der Waals surface area (Å²) in [5.41, 5.74) is 7.31. The van der Waals surface area contributed by atoms with E-state index in [1.54, 1.807) is 18.4 Å². The van der Waals surface area contributed by atoms with Crippen LogP contribution >= 0.6 is 0 Å². The lowest BCUT2D eigenvalue weighted by atomic mass is 10.3. The van der Waals surface area contributed by atoms with Gasteiger partial charge in [0.25, 0.3) is 5.78 Å². The molecule has 0 aromatic carbocycles. The summed E-state index contributed by atoms with van der Waals surface area (Å²) in [5.74, 6) is 2.26.